The molecule has 1 aliphatic heterocycles. The van der Waals surface area contributed by atoms with Gasteiger partial charge in [-0.3, -0.25) is 0 Å². The molecule has 120 valence electrons. The highest BCUT2D eigenvalue weighted by molar-refractivity contribution is 5.90. The first-order valence-electron chi connectivity index (χ1n) is 7.08. The SMILES string of the molecule is CNc1ncnc2c1c(C)cn2C1OC(CO)[C@@H](O)[C@@]1(C)O. The molecule has 1 fully saturated rings. The van der Waals surface area contributed by atoms with E-state index in [-0.39, 0.29) is 6.61 Å². The molecule has 1 saturated heterocycles. The highest BCUT2D eigenvalue weighted by atomic mass is 16.6. The molecule has 22 heavy (non-hydrogen) atoms. The fourth-order valence-corrected chi connectivity index (χ4v) is 3.03. The van der Waals surface area contributed by atoms with Crippen LogP contribution in [0.2, 0.25) is 0 Å². The number of nitrogens with zero attached hydrogens (tertiary/aromatic N) is 3. The molecule has 0 saturated carbocycles. The molecule has 0 bridgehead atoms. The maximum Gasteiger partial charge on any atom is 0.167 e. The number of hydrogen-bond acceptors (Lipinski definition) is 7. The summed E-state index contributed by atoms with van der Waals surface area (Å²) < 4.78 is 7.32. The van der Waals surface area contributed by atoms with Crippen molar-refractivity contribution in [3.63, 3.8) is 0 Å². The van der Waals surface area contributed by atoms with Crippen LogP contribution < -0.4 is 5.32 Å². The highest BCUT2D eigenvalue weighted by Gasteiger charge is 2.53. The number of aromatic nitrogens is 3. The topological polar surface area (TPSA) is 113 Å². The summed E-state index contributed by atoms with van der Waals surface area (Å²) in [4.78, 5) is 8.45. The number of aliphatic hydroxyl groups is 3. The van der Waals surface area contributed by atoms with Crippen LogP contribution in [-0.2, 0) is 4.74 Å². The zero-order chi connectivity index (χ0) is 16.1. The summed E-state index contributed by atoms with van der Waals surface area (Å²) in [5.74, 6) is 0.679. The number of anilines is 1. The van der Waals surface area contributed by atoms with Gasteiger partial charge in [-0.25, -0.2) is 9.97 Å². The number of aryl methyl sites for hydroxylation is 1. The molecule has 8 nitrogen and oxygen atoms in total. The van der Waals surface area contributed by atoms with Crippen molar-refractivity contribution in [2.75, 3.05) is 19.0 Å². The zero-order valence-electron chi connectivity index (χ0n) is 12.7. The minimum atomic E-state index is -1.55. The van der Waals surface area contributed by atoms with Crippen molar-refractivity contribution in [3.05, 3.63) is 18.1 Å². The molecule has 8 heteroatoms. The van der Waals surface area contributed by atoms with Crippen molar-refractivity contribution in [2.45, 2.75) is 37.9 Å². The molecular formula is C14H20N4O4. The summed E-state index contributed by atoms with van der Waals surface area (Å²) in [5.41, 5.74) is -0.0366. The first kappa shape index (κ1) is 15.2. The summed E-state index contributed by atoms with van der Waals surface area (Å²) >= 11 is 0. The molecule has 3 heterocycles. The van der Waals surface area contributed by atoms with Crippen LogP contribution in [-0.4, -0.2) is 61.3 Å². The standard InChI is InChI=1S/C14H20N4O4/c1-7-4-18(12-9(7)11(15-3)16-6-17-12)13-14(2,21)10(20)8(5-19)22-13/h4,6,8,10,13,19-21H,5H2,1-3H3,(H,15,16,17)/t8?,10-,13?,14-/m1/s1. The molecule has 0 aromatic carbocycles. The smallest absolute Gasteiger partial charge is 0.167 e. The van der Waals surface area contributed by atoms with Crippen LogP contribution in [0.3, 0.4) is 0 Å². The number of hydrogen-bond donors (Lipinski definition) is 4. The third-order valence-corrected chi connectivity index (χ3v) is 4.22. The third-order valence-electron chi connectivity index (χ3n) is 4.22. The van der Waals surface area contributed by atoms with Gasteiger partial charge in [-0.2, -0.15) is 0 Å². The van der Waals surface area contributed by atoms with Crippen LogP contribution >= 0.6 is 0 Å². The maximum absolute atomic E-state index is 10.6. The van der Waals surface area contributed by atoms with Crippen LogP contribution in [0.4, 0.5) is 5.82 Å². The van der Waals surface area contributed by atoms with E-state index in [2.05, 4.69) is 15.3 Å². The maximum atomic E-state index is 10.6. The molecule has 3 rings (SSSR count). The quantitative estimate of drug-likeness (QED) is 0.620. The normalized spacial score (nSPS) is 31.8. The van der Waals surface area contributed by atoms with Gasteiger partial charge in [-0.15, -0.1) is 0 Å². The Labute approximate surface area is 127 Å². The van der Waals surface area contributed by atoms with E-state index in [1.807, 2.05) is 6.92 Å². The van der Waals surface area contributed by atoms with Gasteiger partial charge in [0.15, 0.2) is 6.23 Å². The van der Waals surface area contributed by atoms with E-state index in [0.29, 0.717) is 11.5 Å². The Hall–Kier alpha value is -1.74. The number of ether oxygens (including phenoxy) is 1. The van der Waals surface area contributed by atoms with Gasteiger partial charge in [0, 0.05) is 13.2 Å². The molecule has 2 aromatic rings. The van der Waals surface area contributed by atoms with Crippen molar-refractivity contribution >= 4 is 16.9 Å². The predicted molar refractivity (Wildman–Crippen MR) is 79.4 cm³/mol. The van der Waals surface area contributed by atoms with E-state index in [4.69, 9.17) is 4.74 Å². The lowest BCUT2D eigenvalue weighted by atomic mass is 9.96. The molecule has 0 amide bonds. The van der Waals surface area contributed by atoms with E-state index in [0.717, 1.165) is 10.9 Å². The average molecular weight is 308 g/mol. The lowest BCUT2D eigenvalue weighted by Gasteiger charge is -2.27. The largest absolute Gasteiger partial charge is 0.394 e. The monoisotopic (exact) mass is 308 g/mol. The molecule has 0 radical (unpaired) electrons. The summed E-state index contributed by atoms with van der Waals surface area (Å²) in [6.07, 6.45) is 0.337. The van der Waals surface area contributed by atoms with Gasteiger partial charge in [0.1, 0.15) is 35.6 Å². The van der Waals surface area contributed by atoms with E-state index in [1.165, 1.54) is 13.3 Å². The van der Waals surface area contributed by atoms with Gasteiger partial charge in [-0.05, 0) is 19.4 Å². The first-order chi connectivity index (χ1) is 10.4. The van der Waals surface area contributed by atoms with Gasteiger partial charge in [0.2, 0.25) is 0 Å². The van der Waals surface area contributed by atoms with E-state index in [9.17, 15) is 15.3 Å². The Bertz CT molecular complexity index is 699. The second-order valence-electron chi connectivity index (χ2n) is 5.77. The van der Waals surface area contributed by atoms with Crippen molar-refractivity contribution in [1.29, 1.82) is 0 Å². The van der Waals surface area contributed by atoms with Crippen LogP contribution in [0.1, 0.15) is 18.7 Å². The van der Waals surface area contributed by atoms with Gasteiger partial charge in [0.25, 0.3) is 0 Å². The minimum absolute atomic E-state index is 0.372. The fraction of sp³-hybridized carbons (Fsp3) is 0.571. The summed E-state index contributed by atoms with van der Waals surface area (Å²) in [5, 5.41) is 33.9. The van der Waals surface area contributed by atoms with Crippen LogP contribution in [0.15, 0.2) is 12.5 Å². The van der Waals surface area contributed by atoms with Crippen LogP contribution in [0, 0.1) is 6.92 Å². The zero-order valence-corrected chi connectivity index (χ0v) is 12.7. The Kier molecular flexibility index (Phi) is 3.56. The van der Waals surface area contributed by atoms with Crippen LogP contribution in [0.25, 0.3) is 11.0 Å². The second-order valence-corrected chi connectivity index (χ2v) is 5.77. The number of fused-ring (bicyclic) bond motifs is 1. The van der Waals surface area contributed by atoms with Gasteiger partial charge < -0.3 is 29.9 Å². The molecule has 4 N–H and O–H groups in total. The van der Waals surface area contributed by atoms with Crippen molar-refractivity contribution in [1.82, 2.24) is 14.5 Å². The molecule has 1 aliphatic rings. The Morgan fingerprint density at radius 2 is 2.18 bits per heavy atom. The molecular weight excluding hydrogens is 288 g/mol. The lowest BCUT2D eigenvalue weighted by Crippen LogP contribution is -2.44. The van der Waals surface area contributed by atoms with E-state index >= 15 is 0 Å². The van der Waals surface area contributed by atoms with E-state index < -0.39 is 24.0 Å². The predicted octanol–water partition coefficient (Wildman–Crippen LogP) is -0.217. The average Bonchev–Trinajstić information content (AvgIpc) is 2.95. The molecule has 4 atom stereocenters. The third kappa shape index (κ3) is 1.99. The Balaban J connectivity index is 2.15. The number of nitrogens with one attached hydrogen (secondary N) is 1. The Morgan fingerprint density at radius 3 is 2.77 bits per heavy atom. The Morgan fingerprint density at radius 1 is 1.45 bits per heavy atom. The molecule has 2 aromatic heterocycles. The molecule has 2 unspecified atom stereocenters. The van der Waals surface area contributed by atoms with Crippen LogP contribution in [0.5, 0.6) is 0 Å². The van der Waals surface area contributed by atoms with Gasteiger partial charge in [-0.1, -0.05) is 0 Å². The summed E-state index contributed by atoms with van der Waals surface area (Å²) in [7, 11) is 1.77. The summed E-state index contributed by atoms with van der Waals surface area (Å²) in [6.45, 7) is 3.02. The first-order valence-corrected chi connectivity index (χ1v) is 7.08. The molecule has 0 aliphatic carbocycles. The summed E-state index contributed by atoms with van der Waals surface area (Å²) in [6, 6.07) is 0. The fourth-order valence-electron chi connectivity index (χ4n) is 3.03. The second kappa shape index (κ2) is 5.17. The minimum Gasteiger partial charge on any atom is -0.394 e. The molecule has 0 spiro atoms. The van der Waals surface area contributed by atoms with E-state index in [1.54, 1.807) is 17.8 Å². The van der Waals surface area contributed by atoms with Crippen molar-refractivity contribution < 1.29 is 20.1 Å². The highest BCUT2D eigenvalue weighted by Crippen LogP contribution is 2.40. The van der Waals surface area contributed by atoms with Crippen molar-refractivity contribution in [3.8, 4) is 0 Å². The number of aliphatic hydroxyl groups excluding tert-OH is 2. The van der Waals surface area contributed by atoms with Crippen molar-refractivity contribution in [2.24, 2.45) is 0 Å². The van der Waals surface area contributed by atoms with Gasteiger partial charge >= 0.3 is 0 Å². The van der Waals surface area contributed by atoms with Gasteiger partial charge in [0.05, 0.1) is 12.0 Å². The lowest BCUT2D eigenvalue weighted by molar-refractivity contribution is -0.0948. The number of rotatable bonds is 3.